The second-order valence-electron chi connectivity index (χ2n) is 3.98. The summed E-state index contributed by atoms with van der Waals surface area (Å²) in [5, 5.41) is 12.1. The van der Waals surface area contributed by atoms with E-state index in [4.69, 9.17) is 5.26 Å². The zero-order chi connectivity index (χ0) is 12.1. The standard InChI is InChI=1S/C15H14N2/c1-12-4-2-3-5-15(12)17-11-14-8-6-13(10-16)7-9-14/h2-9,17H,11H2,1H3. The van der Waals surface area contributed by atoms with Crippen LogP contribution in [-0.2, 0) is 6.54 Å². The number of para-hydroxylation sites is 1. The minimum absolute atomic E-state index is 0.699. The molecule has 2 rings (SSSR count). The van der Waals surface area contributed by atoms with Crippen molar-refractivity contribution in [2.24, 2.45) is 0 Å². The van der Waals surface area contributed by atoms with Crippen molar-refractivity contribution in [2.75, 3.05) is 5.32 Å². The first-order valence-corrected chi connectivity index (χ1v) is 5.58. The summed E-state index contributed by atoms with van der Waals surface area (Å²) in [6.07, 6.45) is 0. The predicted molar refractivity (Wildman–Crippen MR) is 69.7 cm³/mol. The smallest absolute Gasteiger partial charge is 0.0991 e. The first kappa shape index (κ1) is 11.2. The maximum Gasteiger partial charge on any atom is 0.0991 e. The molecule has 0 unspecified atom stereocenters. The third kappa shape index (κ3) is 2.85. The van der Waals surface area contributed by atoms with Crippen molar-refractivity contribution in [3.05, 3.63) is 65.2 Å². The van der Waals surface area contributed by atoms with Crippen LogP contribution in [0.4, 0.5) is 5.69 Å². The molecule has 0 fully saturated rings. The van der Waals surface area contributed by atoms with Crippen LogP contribution in [0.15, 0.2) is 48.5 Å². The van der Waals surface area contributed by atoms with Gasteiger partial charge < -0.3 is 5.32 Å². The molecule has 0 radical (unpaired) electrons. The molecule has 0 bridgehead atoms. The number of rotatable bonds is 3. The SMILES string of the molecule is Cc1ccccc1NCc1ccc(C#N)cc1. The van der Waals surface area contributed by atoms with Crippen molar-refractivity contribution in [3.63, 3.8) is 0 Å². The van der Waals surface area contributed by atoms with Crippen molar-refractivity contribution in [1.29, 1.82) is 5.26 Å². The molecule has 2 nitrogen and oxygen atoms in total. The quantitative estimate of drug-likeness (QED) is 0.863. The van der Waals surface area contributed by atoms with Crippen LogP contribution in [0.2, 0.25) is 0 Å². The van der Waals surface area contributed by atoms with Gasteiger partial charge in [-0.15, -0.1) is 0 Å². The van der Waals surface area contributed by atoms with Crippen LogP contribution in [0.5, 0.6) is 0 Å². The van der Waals surface area contributed by atoms with Crippen molar-refractivity contribution in [3.8, 4) is 6.07 Å². The van der Waals surface area contributed by atoms with Crippen LogP contribution in [0, 0.1) is 18.3 Å². The largest absolute Gasteiger partial charge is 0.381 e. The Labute approximate surface area is 102 Å². The second kappa shape index (κ2) is 5.18. The average molecular weight is 222 g/mol. The second-order valence-corrected chi connectivity index (χ2v) is 3.98. The highest BCUT2D eigenvalue weighted by molar-refractivity contribution is 5.50. The number of nitriles is 1. The molecule has 0 aromatic heterocycles. The third-order valence-corrected chi connectivity index (χ3v) is 2.71. The lowest BCUT2D eigenvalue weighted by Crippen LogP contribution is -2.00. The van der Waals surface area contributed by atoms with E-state index in [1.807, 2.05) is 36.4 Å². The van der Waals surface area contributed by atoms with Gasteiger partial charge in [0, 0.05) is 12.2 Å². The number of anilines is 1. The monoisotopic (exact) mass is 222 g/mol. The van der Waals surface area contributed by atoms with Gasteiger partial charge in [0.2, 0.25) is 0 Å². The van der Waals surface area contributed by atoms with E-state index in [1.54, 1.807) is 0 Å². The Hall–Kier alpha value is -2.27. The molecule has 17 heavy (non-hydrogen) atoms. The Bertz CT molecular complexity index is 536. The highest BCUT2D eigenvalue weighted by Crippen LogP contribution is 2.14. The molecule has 0 saturated heterocycles. The molecule has 0 amide bonds. The number of hydrogen-bond donors (Lipinski definition) is 1. The van der Waals surface area contributed by atoms with E-state index in [0.29, 0.717) is 5.56 Å². The van der Waals surface area contributed by atoms with Gasteiger partial charge in [-0.05, 0) is 36.2 Å². The molecule has 0 aliphatic carbocycles. The lowest BCUT2D eigenvalue weighted by atomic mass is 10.1. The minimum atomic E-state index is 0.699. The van der Waals surface area contributed by atoms with Gasteiger partial charge >= 0.3 is 0 Å². The fourth-order valence-electron chi connectivity index (χ4n) is 1.67. The normalized spacial score (nSPS) is 9.65. The van der Waals surface area contributed by atoms with Crippen LogP contribution in [-0.4, -0.2) is 0 Å². The summed E-state index contributed by atoms with van der Waals surface area (Å²) in [5.41, 5.74) is 4.26. The van der Waals surface area contributed by atoms with E-state index in [1.165, 1.54) is 11.1 Å². The summed E-state index contributed by atoms with van der Waals surface area (Å²) in [4.78, 5) is 0. The minimum Gasteiger partial charge on any atom is -0.381 e. The molecule has 84 valence electrons. The lowest BCUT2D eigenvalue weighted by molar-refractivity contribution is 1.14. The Morgan fingerprint density at radius 3 is 2.41 bits per heavy atom. The van der Waals surface area contributed by atoms with E-state index in [0.717, 1.165) is 12.2 Å². The Kier molecular flexibility index (Phi) is 3.42. The molecular formula is C15H14N2. The number of nitrogens with zero attached hydrogens (tertiary/aromatic N) is 1. The maximum absolute atomic E-state index is 8.71. The molecule has 2 heteroatoms. The molecule has 0 aliphatic rings. The predicted octanol–water partition coefficient (Wildman–Crippen LogP) is 3.48. The molecule has 0 aliphatic heterocycles. The number of nitrogens with one attached hydrogen (secondary N) is 1. The summed E-state index contributed by atoms with van der Waals surface area (Å²) in [6.45, 7) is 2.86. The van der Waals surface area contributed by atoms with E-state index in [9.17, 15) is 0 Å². The molecule has 2 aromatic rings. The molecule has 0 heterocycles. The molecule has 0 spiro atoms. The van der Waals surface area contributed by atoms with Crippen LogP contribution < -0.4 is 5.32 Å². The summed E-state index contributed by atoms with van der Waals surface area (Å²) < 4.78 is 0. The molecule has 2 aromatic carbocycles. The van der Waals surface area contributed by atoms with E-state index in [-0.39, 0.29) is 0 Å². The maximum atomic E-state index is 8.71. The van der Waals surface area contributed by atoms with Crippen LogP contribution >= 0.6 is 0 Å². The number of benzene rings is 2. The Morgan fingerprint density at radius 2 is 1.76 bits per heavy atom. The fourth-order valence-corrected chi connectivity index (χ4v) is 1.67. The van der Waals surface area contributed by atoms with Crippen LogP contribution in [0.1, 0.15) is 16.7 Å². The average Bonchev–Trinajstić information content (AvgIpc) is 2.38. The van der Waals surface area contributed by atoms with E-state index < -0.39 is 0 Å². The number of hydrogen-bond acceptors (Lipinski definition) is 2. The zero-order valence-corrected chi connectivity index (χ0v) is 9.77. The van der Waals surface area contributed by atoms with E-state index >= 15 is 0 Å². The van der Waals surface area contributed by atoms with E-state index in [2.05, 4.69) is 30.4 Å². The summed E-state index contributed by atoms with van der Waals surface area (Å²) >= 11 is 0. The zero-order valence-electron chi connectivity index (χ0n) is 9.77. The van der Waals surface area contributed by atoms with Gasteiger partial charge in [-0.2, -0.15) is 5.26 Å². The fraction of sp³-hybridized carbons (Fsp3) is 0.133. The first-order valence-electron chi connectivity index (χ1n) is 5.58. The topological polar surface area (TPSA) is 35.8 Å². The molecule has 1 N–H and O–H groups in total. The summed E-state index contributed by atoms with van der Waals surface area (Å²) in [7, 11) is 0. The highest BCUT2D eigenvalue weighted by Gasteiger charge is 1.97. The van der Waals surface area contributed by atoms with Gasteiger partial charge in [-0.25, -0.2) is 0 Å². The third-order valence-electron chi connectivity index (χ3n) is 2.71. The van der Waals surface area contributed by atoms with Gasteiger partial charge in [0.15, 0.2) is 0 Å². The van der Waals surface area contributed by atoms with Gasteiger partial charge in [-0.3, -0.25) is 0 Å². The van der Waals surface area contributed by atoms with Crippen molar-refractivity contribution < 1.29 is 0 Å². The summed E-state index contributed by atoms with van der Waals surface area (Å²) in [5.74, 6) is 0. The van der Waals surface area contributed by atoms with Crippen molar-refractivity contribution >= 4 is 5.69 Å². The first-order chi connectivity index (χ1) is 8.29. The van der Waals surface area contributed by atoms with Gasteiger partial charge in [0.1, 0.15) is 0 Å². The number of aryl methyl sites for hydroxylation is 1. The van der Waals surface area contributed by atoms with Gasteiger partial charge in [0.05, 0.1) is 11.6 Å². The molecular weight excluding hydrogens is 208 g/mol. The molecule has 0 saturated carbocycles. The molecule has 0 atom stereocenters. The van der Waals surface area contributed by atoms with Gasteiger partial charge in [0.25, 0.3) is 0 Å². The van der Waals surface area contributed by atoms with Crippen molar-refractivity contribution in [1.82, 2.24) is 0 Å². The summed E-state index contributed by atoms with van der Waals surface area (Å²) in [6, 6.07) is 18.0. The van der Waals surface area contributed by atoms with Gasteiger partial charge in [-0.1, -0.05) is 30.3 Å². The Morgan fingerprint density at radius 1 is 1.06 bits per heavy atom. The van der Waals surface area contributed by atoms with Crippen LogP contribution in [0.25, 0.3) is 0 Å². The highest BCUT2D eigenvalue weighted by atomic mass is 14.9. The Balaban J connectivity index is 2.03. The van der Waals surface area contributed by atoms with Crippen molar-refractivity contribution in [2.45, 2.75) is 13.5 Å². The lowest BCUT2D eigenvalue weighted by Gasteiger charge is -2.09. The van der Waals surface area contributed by atoms with Crippen LogP contribution in [0.3, 0.4) is 0 Å².